The van der Waals surface area contributed by atoms with Crippen LogP contribution in [-0.4, -0.2) is 27.7 Å². The third-order valence-corrected chi connectivity index (χ3v) is 5.61. The summed E-state index contributed by atoms with van der Waals surface area (Å²) < 4.78 is 6.71. The number of para-hydroxylation sites is 1. The number of ether oxygens (including phenoxy) is 1. The molecule has 0 fully saturated rings. The molecule has 1 aliphatic rings. The second-order valence-corrected chi connectivity index (χ2v) is 7.26. The number of carbonyl (C=O) groups is 1. The second kappa shape index (κ2) is 6.74. The molecule has 0 amide bonds. The number of nitrogens with one attached hydrogen (secondary N) is 1. The Hall–Kier alpha value is -3.67. The number of methoxy groups -OCH3 is 1. The van der Waals surface area contributed by atoms with Crippen molar-refractivity contribution in [1.82, 2.24) is 14.8 Å². The molecule has 0 saturated heterocycles. The number of fused-ring (bicyclic) bond motifs is 3. The minimum absolute atomic E-state index is 0.0194. The molecule has 0 aliphatic heterocycles. The van der Waals surface area contributed by atoms with Crippen LogP contribution < -0.4 is 10.3 Å². The molecule has 1 unspecified atom stereocenters. The van der Waals surface area contributed by atoms with E-state index in [4.69, 9.17) is 4.74 Å². The fourth-order valence-corrected chi connectivity index (χ4v) is 4.11. The Kier molecular flexibility index (Phi) is 4.05. The van der Waals surface area contributed by atoms with Crippen molar-refractivity contribution in [1.29, 1.82) is 0 Å². The van der Waals surface area contributed by atoms with Crippen LogP contribution >= 0.6 is 0 Å². The van der Waals surface area contributed by atoms with Crippen molar-refractivity contribution in [3.63, 3.8) is 0 Å². The lowest BCUT2D eigenvalue weighted by Gasteiger charge is -2.24. The molecule has 1 aliphatic carbocycles. The van der Waals surface area contributed by atoms with Gasteiger partial charge in [0.25, 0.3) is 5.56 Å². The molecule has 6 nitrogen and oxygen atoms in total. The van der Waals surface area contributed by atoms with Gasteiger partial charge in [-0.3, -0.25) is 14.7 Å². The van der Waals surface area contributed by atoms with Crippen LogP contribution in [0.3, 0.4) is 0 Å². The van der Waals surface area contributed by atoms with Gasteiger partial charge >= 0.3 is 0 Å². The number of ketones is 1. The minimum atomic E-state index is -0.182. The Labute approximate surface area is 166 Å². The van der Waals surface area contributed by atoms with Gasteiger partial charge in [0.1, 0.15) is 5.75 Å². The first kappa shape index (κ1) is 17.4. The summed E-state index contributed by atoms with van der Waals surface area (Å²) in [6.07, 6.45) is 2.62. The van der Waals surface area contributed by atoms with E-state index in [0.29, 0.717) is 29.4 Å². The zero-order valence-electron chi connectivity index (χ0n) is 15.9. The molecule has 0 spiro atoms. The third kappa shape index (κ3) is 2.84. The lowest BCUT2D eigenvalue weighted by molar-refractivity contribution is 0.0964. The number of nitrogens with zero attached hydrogens (tertiary/aromatic N) is 2. The number of H-pyrrole nitrogens is 1. The molecule has 0 saturated carbocycles. The number of hydrogen-bond donors (Lipinski definition) is 1. The molecule has 2 aromatic carbocycles. The molecule has 1 N–H and O–H groups in total. The smallest absolute Gasteiger partial charge is 0.281 e. The maximum atomic E-state index is 13.2. The first-order valence-electron chi connectivity index (χ1n) is 9.51. The van der Waals surface area contributed by atoms with E-state index in [9.17, 15) is 9.59 Å². The van der Waals surface area contributed by atoms with Gasteiger partial charge in [0.2, 0.25) is 0 Å². The number of Topliss-reactive ketones (excluding diaryl/α,β-unsaturated/α-hetero) is 1. The summed E-state index contributed by atoms with van der Waals surface area (Å²) in [5.74, 6) is 0.818. The van der Waals surface area contributed by atoms with Crippen molar-refractivity contribution in [3.05, 3.63) is 87.8 Å². The summed E-state index contributed by atoms with van der Waals surface area (Å²) in [6, 6.07) is 17.1. The molecule has 29 heavy (non-hydrogen) atoms. The van der Waals surface area contributed by atoms with Crippen LogP contribution in [0, 0.1) is 0 Å². The largest absolute Gasteiger partial charge is 0.497 e. The number of carbonyl (C=O) groups excluding carboxylic acids is 1. The fourth-order valence-electron chi connectivity index (χ4n) is 4.11. The van der Waals surface area contributed by atoms with Crippen LogP contribution in [0.5, 0.6) is 5.75 Å². The van der Waals surface area contributed by atoms with Crippen LogP contribution in [0.15, 0.2) is 65.6 Å². The molecule has 1 atom stereocenters. The van der Waals surface area contributed by atoms with E-state index in [0.717, 1.165) is 22.6 Å². The Balaban J connectivity index is 1.63. The van der Waals surface area contributed by atoms with E-state index in [1.807, 2.05) is 54.6 Å². The monoisotopic (exact) mass is 385 g/mol. The van der Waals surface area contributed by atoms with Crippen molar-refractivity contribution in [2.75, 3.05) is 7.11 Å². The van der Waals surface area contributed by atoms with Gasteiger partial charge < -0.3 is 4.74 Å². The number of hydrogen-bond acceptors (Lipinski definition) is 4. The van der Waals surface area contributed by atoms with Gasteiger partial charge in [-0.1, -0.05) is 30.3 Å². The molecule has 144 valence electrons. The van der Waals surface area contributed by atoms with E-state index < -0.39 is 0 Å². The number of aromatic amines is 1. The zero-order chi connectivity index (χ0) is 20.0. The predicted octanol–water partition coefficient (Wildman–Crippen LogP) is 3.64. The summed E-state index contributed by atoms with van der Waals surface area (Å²) in [6.45, 7) is 0. The van der Waals surface area contributed by atoms with E-state index in [1.165, 1.54) is 4.68 Å². The van der Waals surface area contributed by atoms with Crippen molar-refractivity contribution in [3.8, 4) is 11.4 Å². The Morgan fingerprint density at radius 2 is 1.79 bits per heavy atom. The molecule has 0 bridgehead atoms. The van der Waals surface area contributed by atoms with E-state index in [1.54, 1.807) is 13.3 Å². The highest BCUT2D eigenvalue weighted by atomic mass is 16.5. The highest BCUT2D eigenvalue weighted by molar-refractivity contribution is 6.02. The van der Waals surface area contributed by atoms with Gasteiger partial charge in [0.15, 0.2) is 11.4 Å². The van der Waals surface area contributed by atoms with Crippen LogP contribution in [0.4, 0.5) is 0 Å². The lowest BCUT2D eigenvalue weighted by Crippen LogP contribution is -2.22. The van der Waals surface area contributed by atoms with E-state index in [-0.39, 0.29) is 17.3 Å². The first-order valence-corrected chi connectivity index (χ1v) is 9.51. The zero-order valence-corrected chi connectivity index (χ0v) is 15.9. The average Bonchev–Trinajstić information content (AvgIpc) is 3.11. The van der Waals surface area contributed by atoms with Crippen LogP contribution in [-0.2, 0) is 6.42 Å². The van der Waals surface area contributed by atoms with Crippen LogP contribution in [0.1, 0.15) is 33.8 Å². The lowest BCUT2D eigenvalue weighted by atomic mass is 9.79. The molecule has 4 aromatic rings. The standard InChI is InChI=1S/C23H19N3O3/c1-29-17-9-7-14(8-10-17)15-11-18-19(20(27)12-15)13-24-22-21(18)23(28)26(25-22)16-5-3-2-4-6-16/h2-10,13,15H,11-12H2,1H3,(H,24,25). The predicted molar refractivity (Wildman–Crippen MR) is 110 cm³/mol. The van der Waals surface area contributed by atoms with Crippen molar-refractivity contribution in [2.45, 2.75) is 18.8 Å². The molecular weight excluding hydrogens is 366 g/mol. The summed E-state index contributed by atoms with van der Waals surface area (Å²) >= 11 is 0. The topological polar surface area (TPSA) is 77.0 Å². The number of aromatic nitrogens is 3. The van der Waals surface area contributed by atoms with Crippen LogP contribution in [0.2, 0.25) is 0 Å². The van der Waals surface area contributed by atoms with Gasteiger partial charge in [0.05, 0.1) is 18.2 Å². The van der Waals surface area contributed by atoms with Gasteiger partial charge in [-0.05, 0) is 47.7 Å². The summed E-state index contributed by atoms with van der Waals surface area (Å²) in [7, 11) is 1.63. The van der Waals surface area contributed by atoms with Crippen molar-refractivity contribution in [2.24, 2.45) is 0 Å². The van der Waals surface area contributed by atoms with Crippen molar-refractivity contribution < 1.29 is 9.53 Å². The summed E-state index contributed by atoms with van der Waals surface area (Å²) in [5, 5.41) is 3.58. The third-order valence-electron chi connectivity index (χ3n) is 5.61. The Morgan fingerprint density at radius 1 is 1.03 bits per heavy atom. The first-order chi connectivity index (χ1) is 14.2. The van der Waals surface area contributed by atoms with Crippen molar-refractivity contribution >= 4 is 16.8 Å². The van der Waals surface area contributed by atoms with Gasteiger partial charge in [-0.25, -0.2) is 9.67 Å². The number of rotatable bonds is 3. The summed E-state index contributed by atoms with van der Waals surface area (Å²) in [4.78, 5) is 30.4. The maximum Gasteiger partial charge on any atom is 0.281 e. The van der Waals surface area contributed by atoms with E-state index in [2.05, 4.69) is 10.1 Å². The van der Waals surface area contributed by atoms with Gasteiger partial charge in [-0.15, -0.1) is 0 Å². The molecule has 2 heterocycles. The Bertz CT molecular complexity index is 1270. The molecule has 2 aromatic heterocycles. The van der Waals surface area contributed by atoms with Gasteiger partial charge in [0, 0.05) is 18.2 Å². The van der Waals surface area contributed by atoms with Gasteiger partial charge in [-0.2, -0.15) is 0 Å². The minimum Gasteiger partial charge on any atom is -0.497 e. The van der Waals surface area contributed by atoms with Crippen LogP contribution in [0.25, 0.3) is 16.7 Å². The SMILES string of the molecule is COc1ccc(C2CC(=O)c3cnc4[nH]n(-c5ccccc5)c(=O)c4c3C2)cc1. The molecular formula is C23H19N3O3. The Morgan fingerprint density at radius 3 is 2.52 bits per heavy atom. The number of benzene rings is 2. The highest BCUT2D eigenvalue weighted by Gasteiger charge is 2.30. The molecule has 6 heteroatoms. The van der Waals surface area contributed by atoms with E-state index >= 15 is 0 Å². The molecule has 5 rings (SSSR count). The highest BCUT2D eigenvalue weighted by Crippen LogP contribution is 2.35. The summed E-state index contributed by atoms with van der Waals surface area (Å²) in [5.41, 5.74) is 3.45. The number of pyridine rings is 1. The average molecular weight is 385 g/mol. The second-order valence-electron chi connectivity index (χ2n) is 7.26. The quantitative estimate of drug-likeness (QED) is 0.584. The normalized spacial score (nSPS) is 16.0. The fraction of sp³-hybridized carbons (Fsp3) is 0.174. The molecule has 0 radical (unpaired) electrons. The maximum absolute atomic E-state index is 13.2.